The fourth-order valence-electron chi connectivity index (χ4n) is 2.18. The molecule has 0 spiro atoms. The normalized spacial score (nSPS) is 10.5. The quantitative estimate of drug-likeness (QED) is 0.672. The Bertz CT molecular complexity index is 792. The van der Waals surface area contributed by atoms with Gasteiger partial charge >= 0.3 is 0 Å². The molecule has 4 heteroatoms. The number of aryl methyl sites for hydroxylation is 1. The minimum atomic E-state index is -0.000154. The van der Waals surface area contributed by atoms with Gasteiger partial charge in [-0.3, -0.25) is 4.79 Å². The van der Waals surface area contributed by atoms with E-state index in [1.54, 1.807) is 31.4 Å². The molecule has 0 saturated carbocycles. The van der Waals surface area contributed by atoms with Crippen molar-refractivity contribution in [1.82, 2.24) is 4.98 Å². The van der Waals surface area contributed by atoms with Crippen LogP contribution in [0.3, 0.4) is 0 Å². The molecular weight excluding hydrogens is 294 g/mol. The lowest BCUT2D eigenvalue weighted by molar-refractivity contribution is 0.104. The van der Waals surface area contributed by atoms with Crippen LogP contribution in [-0.2, 0) is 0 Å². The Morgan fingerprint density at radius 1 is 1.05 bits per heavy atom. The first kappa shape index (κ1) is 14.5. The van der Waals surface area contributed by atoms with Crippen molar-refractivity contribution in [1.29, 1.82) is 0 Å². The van der Waals surface area contributed by atoms with Gasteiger partial charge in [-0.05, 0) is 31.2 Å². The second-order valence-electron chi connectivity index (χ2n) is 4.86. The van der Waals surface area contributed by atoms with Gasteiger partial charge in [-0.1, -0.05) is 30.3 Å². The van der Waals surface area contributed by atoms with Crippen LogP contribution in [0.4, 0.5) is 0 Å². The average Bonchev–Trinajstić information content (AvgIpc) is 2.97. The largest absolute Gasteiger partial charge is 0.497 e. The molecule has 0 atom stereocenters. The highest BCUT2D eigenvalue weighted by atomic mass is 32.1. The lowest BCUT2D eigenvalue weighted by Crippen LogP contribution is -2.00. The van der Waals surface area contributed by atoms with Crippen molar-refractivity contribution in [3.05, 3.63) is 70.7 Å². The van der Waals surface area contributed by atoms with Gasteiger partial charge in [-0.2, -0.15) is 0 Å². The minimum Gasteiger partial charge on any atom is -0.497 e. The third-order valence-corrected chi connectivity index (χ3v) is 4.58. The Morgan fingerprint density at radius 3 is 2.36 bits per heavy atom. The predicted octanol–water partition coefficient (Wildman–Crippen LogP) is 4.36. The molecule has 0 unspecified atom stereocenters. The van der Waals surface area contributed by atoms with Gasteiger partial charge in [0, 0.05) is 11.1 Å². The smallest absolute Gasteiger partial charge is 0.204 e. The molecule has 0 amide bonds. The number of hydrogen-bond acceptors (Lipinski definition) is 4. The second kappa shape index (κ2) is 6.12. The van der Waals surface area contributed by atoms with E-state index < -0.39 is 0 Å². The highest BCUT2D eigenvalue weighted by Gasteiger charge is 2.17. The van der Waals surface area contributed by atoms with E-state index in [0.717, 1.165) is 22.0 Å². The maximum atomic E-state index is 12.6. The first-order valence-corrected chi connectivity index (χ1v) is 7.72. The zero-order chi connectivity index (χ0) is 15.5. The molecule has 1 heterocycles. The number of methoxy groups -OCH3 is 1. The lowest BCUT2D eigenvalue weighted by atomic mass is 10.1. The third-order valence-electron chi connectivity index (χ3n) is 3.38. The fourth-order valence-corrected chi connectivity index (χ4v) is 3.22. The molecule has 2 aromatic carbocycles. The van der Waals surface area contributed by atoms with E-state index in [4.69, 9.17) is 4.74 Å². The van der Waals surface area contributed by atoms with Crippen molar-refractivity contribution in [3.8, 4) is 16.3 Å². The maximum Gasteiger partial charge on any atom is 0.204 e. The van der Waals surface area contributed by atoms with E-state index >= 15 is 0 Å². The van der Waals surface area contributed by atoms with Crippen molar-refractivity contribution in [2.75, 3.05) is 7.11 Å². The van der Waals surface area contributed by atoms with Gasteiger partial charge < -0.3 is 4.74 Å². The van der Waals surface area contributed by atoms with E-state index in [2.05, 4.69) is 4.98 Å². The highest BCUT2D eigenvalue weighted by molar-refractivity contribution is 7.17. The van der Waals surface area contributed by atoms with Gasteiger partial charge in [0.05, 0.1) is 17.7 Å². The predicted molar refractivity (Wildman–Crippen MR) is 88.7 cm³/mol. The first-order chi connectivity index (χ1) is 10.7. The van der Waals surface area contributed by atoms with E-state index in [0.29, 0.717) is 10.4 Å². The minimum absolute atomic E-state index is 0.000154. The summed E-state index contributed by atoms with van der Waals surface area (Å²) in [5.41, 5.74) is 2.45. The number of ether oxygens (including phenoxy) is 1. The summed E-state index contributed by atoms with van der Waals surface area (Å²) < 4.78 is 5.12. The summed E-state index contributed by atoms with van der Waals surface area (Å²) in [6, 6.07) is 17.1. The molecule has 110 valence electrons. The highest BCUT2D eigenvalue weighted by Crippen LogP contribution is 2.29. The zero-order valence-electron chi connectivity index (χ0n) is 12.4. The van der Waals surface area contributed by atoms with Crippen LogP contribution in [0.2, 0.25) is 0 Å². The molecule has 3 rings (SSSR count). The van der Waals surface area contributed by atoms with Crippen molar-refractivity contribution >= 4 is 17.1 Å². The molecule has 0 aliphatic heterocycles. The number of ketones is 1. The molecular formula is C18H15NO2S. The van der Waals surface area contributed by atoms with Crippen LogP contribution in [0.25, 0.3) is 10.6 Å². The number of carbonyl (C=O) groups is 1. The number of hydrogen-bond donors (Lipinski definition) is 0. The molecule has 0 radical (unpaired) electrons. The Morgan fingerprint density at radius 2 is 1.73 bits per heavy atom. The Hall–Kier alpha value is -2.46. The van der Waals surface area contributed by atoms with Crippen molar-refractivity contribution in [3.63, 3.8) is 0 Å². The number of nitrogens with zero attached hydrogens (tertiary/aromatic N) is 1. The van der Waals surface area contributed by atoms with Crippen LogP contribution in [-0.4, -0.2) is 17.9 Å². The molecule has 0 fully saturated rings. The van der Waals surface area contributed by atoms with Gasteiger partial charge in [0.1, 0.15) is 10.8 Å². The number of rotatable bonds is 4. The molecule has 3 nitrogen and oxygen atoms in total. The van der Waals surface area contributed by atoms with Crippen LogP contribution in [0.15, 0.2) is 54.6 Å². The number of carbonyl (C=O) groups excluding carboxylic acids is 1. The molecule has 22 heavy (non-hydrogen) atoms. The molecule has 0 bridgehead atoms. The van der Waals surface area contributed by atoms with E-state index in [9.17, 15) is 4.79 Å². The van der Waals surface area contributed by atoms with Gasteiger partial charge in [-0.15, -0.1) is 11.3 Å². The summed E-state index contributed by atoms with van der Waals surface area (Å²) in [5, 5.41) is 0.870. The fraction of sp³-hybridized carbons (Fsp3) is 0.111. The second-order valence-corrected chi connectivity index (χ2v) is 5.86. The summed E-state index contributed by atoms with van der Waals surface area (Å²) in [6.45, 7) is 1.87. The summed E-state index contributed by atoms with van der Waals surface area (Å²) in [4.78, 5) is 17.9. The van der Waals surface area contributed by atoms with Crippen LogP contribution < -0.4 is 4.74 Å². The summed E-state index contributed by atoms with van der Waals surface area (Å²) in [6.07, 6.45) is 0. The summed E-state index contributed by atoms with van der Waals surface area (Å²) in [7, 11) is 1.61. The van der Waals surface area contributed by atoms with Crippen LogP contribution in [0.5, 0.6) is 5.75 Å². The van der Waals surface area contributed by atoms with Crippen molar-refractivity contribution in [2.45, 2.75) is 6.92 Å². The van der Waals surface area contributed by atoms with Crippen LogP contribution in [0.1, 0.15) is 20.9 Å². The summed E-state index contributed by atoms with van der Waals surface area (Å²) >= 11 is 1.43. The molecule has 3 aromatic rings. The average molecular weight is 309 g/mol. The van der Waals surface area contributed by atoms with Gasteiger partial charge in [0.25, 0.3) is 0 Å². The number of thiazole rings is 1. The molecule has 0 aliphatic rings. The van der Waals surface area contributed by atoms with Crippen molar-refractivity contribution < 1.29 is 9.53 Å². The first-order valence-electron chi connectivity index (χ1n) is 6.90. The topological polar surface area (TPSA) is 39.2 Å². The Balaban J connectivity index is 1.94. The molecule has 0 aliphatic carbocycles. The molecule has 1 aromatic heterocycles. The molecule has 0 N–H and O–H groups in total. The monoisotopic (exact) mass is 309 g/mol. The number of aromatic nitrogens is 1. The van der Waals surface area contributed by atoms with E-state index in [1.165, 1.54) is 11.3 Å². The van der Waals surface area contributed by atoms with Crippen molar-refractivity contribution in [2.24, 2.45) is 0 Å². The van der Waals surface area contributed by atoms with Gasteiger partial charge in [0.2, 0.25) is 5.78 Å². The Labute approximate surface area is 133 Å². The summed E-state index contributed by atoms with van der Waals surface area (Å²) in [5.74, 6) is 0.738. The maximum absolute atomic E-state index is 12.6. The third kappa shape index (κ3) is 2.78. The SMILES string of the molecule is COc1ccc(C(=O)c2sc(-c3ccccc3)nc2C)cc1. The van der Waals surface area contributed by atoms with Crippen LogP contribution >= 0.6 is 11.3 Å². The molecule has 0 saturated heterocycles. The van der Waals surface area contributed by atoms with E-state index in [-0.39, 0.29) is 5.78 Å². The van der Waals surface area contributed by atoms with E-state index in [1.807, 2.05) is 37.3 Å². The van der Waals surface area contributed by atoms with Gasteiger partial charge in [0.15, 0.2) is 0 Å². The number of benzene rings is 2. The lowest BCUT2D eigenvalue weighted by Gasteiger charge is -2.01. The standard InChI is InChI=1S/C18H15NO2S/c1-12-17(16(20)13-8-10-15(21-2)11-9-13)22-18(19-12)14-6-4-3-5-7-14/h3-11H,1-2H3. The Kier molecular flexibility index (Phi) is 4.02. The van der Waals surface area contributed by atoms with Gasteiger partial charge in [-0.25, -0.2) is 4.98 Å². The van der Waals surface area contributed by atoms with Crippen LogP contribution in [0, 0.1) is 6.92 Å². The zero-order valence-corrected chi connectivity index (χ0v) is 13.2.